The van der Waals surface area contributed by atoms with Crippen LogP contribution in [0.3, 0.4) is 0 Å². The number of nitrogens with zero attached hydrogens (tertiary/aromatic N) is 1. The fourth-order valence-corrected chi connectivity index (χ4v) is 1.96. The van der Waals surface area contributed by atoms with Gasteiger partial charge in [0.05, 0.1) is 0 Å². The van der Waals surface area contributed by atoms with E-state index in [-0.39, 0.29) is 0 Å². The third-order valence-electron chi connectivity index (χ3n) is 2.83. The molecule has 0 amide bonds. The summed E-state index contributed by atoms with van der Waals surface area (Å²) in [4.78, 5) is 2.38. The quantitative estimate of drug-likeness (QED) is 0.496. The summed E-state index contributed by atoms with van der Waals surface area (Å²) in [5.74, 6) is 0. The molecule has 0 radical (unpaired) electrons. The Labute approximate surface area is 56.0 Å². The fourth-order valence-electron chi connectivity index (χ4n) is 1.96. The monoisotopic (exact) mass is 126 g/mol. The van der Waals surface area contributed by atoms with Gasteiger partial charge >= 0.3 is 0 Å². The van der Waals surface area contributed by atoms with Gasteiger partial charge in [-0.2, -0.15) is 0 Å². The molecule has 2 rings (SSSR count). The van der Waals surface area contributed by atoms with Crippen LogP contribution in [0.1, 0.15) is 12.8 Å². The van der Waals surface area contributed by atoms with Crippen LogP contribution in [-0.2, 0) is 0 Å². The van der Waals surface area contributed by atoms with E-state index in [0.29, 0.717) is 11.5 Å². The second-order valence-corrected chi connectivity index (χ2v) is 3.66. The zero-order chi connectivity index (χ0) is 6.48. The summed E-state index contributed by atoms with van der Waals surface area (Å²) in [7, 11) is 2.18. The highest BCUT2D eigenvalue weighted by atomic mass is 15.2. The summed E-state index contributed by atoms with van der Waals surface area (Å²) in [6.45, 7) is 2.50. The molecule has 2 heteroatoms. The predicted molar refractivity (Wildman–Crippen MR) is 37.1 cm³/mol. The third-order valence-corrected chi connectivity index (χ3v) is 2.83. The van der Waals surface area contributed by atoms with Gasteiger partial charge in [0.25, 0.3) is 0 Å². The van der Waals surface area contributed by atoms with E-state index >= 15 is 0 Å². The van der Waals surface area contributed by atoms with Gasteiger partial charge in [-0.25, -0.2) is 0 Å². The van der Waals surface area contributed by atoms with Crippen molar-refractivity contribution in [3.05, 3.63) is 0 Å². The summed E-state index contributed by atoms with van der Waals surface area (Å²) in [6, 6.07) is 0.530. The van der Waals surface area contributed by atoms with Gasteiger partial charge in [0.2, 0.25) is 0 Å². The first kappa shape index (κ1) is 5.69. The van der Waals surface area contributed by atoms with Crippen molar-refractivity contribution in [2.24, 2.45) is 11.1 Å². The molecule has 9 heavy (non-hydrogen) atoms. The van der Waals surface area contributed by atoms with E-state index in [9.17, 15) is 0 Å². The van der Waals surface area contributed by atoms with E-state index in [1.165, 1.54) is 25.9 Å². The lowest BCUT2D eigenvalue weighted by Crippen LogP contribution is -2.19. The largest absolute Gasteiger partial charge is 0.327 e. The standard InChI is InChI=1S/C7H14N2/c1-9-3-2-7(5-9)4-6(7)8/h6H,2-5,8H2,1H3/t6-,7?/m0/s1. The average Bonchev–Trinajstić information content (AvgIpc) is 2.17. The number of hydrogen-bond donors (Lipinski definition) is 1. The van der Waals surface area contributed by atoms with Gasteiger partial charge in [-0.05, 0) is 26.4 Å². The number of rotatable bonds is 0. The van der Waals surface area contributed by atoms with E-state index in [4.69, 9.17) is 5.73 Å². The van der Waals surface area contributed by atoms with E-state index in [0.717, 1.165) is 0 Å². The van der Waals surface area contributed by atoms with Gasteiger partial charge in [-0.3, -0.25) is 0 Å². The summed E-state index contributed by atoms with van der Waals surface area (Å²) in [6.07, 6.45) is 2.61. The molecule has 0 aromatic rings. The van der Waals surface area contributed by atoms with Crippen LogP contribution < -0.4 is 5.73 Å². The Morgan fingerprint density at radius 3 is 2.56 bits per heavy atom. The molecule has 1 saturated heterocycles. The molecule has 1 unspecified atom stereocenters. The molecule has 2 N–H and O–H groups in total. The zero-order valence-corrected chi connectivity index (χ0v) is 5.93. The molecule has 1 saturated carbocycles. The Bertz CT molecular complexity index is 133. The Morgan fingerprint density at radius 2 is 2.33 bits per heavy atom. The maximum absolute atomic E-state index is 5.80. The molecule has 2 nitrogen and oxygen atoms in total. The van der Waals surface area contributed by atoms with Gasteiger partial charge in [-0.15, -0.1) is 0 Å². The minimum atomic E-state index is 0.530. The van der Waals surface area contributed by atoms with Gasteiger partial charge in [0, 0.05) is 18.0 Å². The zero-order valence-electron chi connectivity index (χ0n) is 5.93. The first-order valence-corrected chi connectivity index (χ1v) is 3.67. The molecular weight excluding hydrogens is 112 g/mol. The maximum atomic E-state index is 5.80. The normalized spacial score (nSPS) is 50.7. The van der Waals surface area contributed by atoms with Crippen LogP contribution in [0.25, 0.3) is 0 Å². The van der Waals surface area contributed by atoms with Crippen molar-refractivity contribution < 1.29 is 0 Å². The van der Waals surface area contributed by atoms with Crippen LogP contribution in [0.2, 0.25) is 0 Å². The van der Waals surface area contributed by atoms with E-state index < -0.39 is 0 Å². The average molecular weight is 126 g/mol. The first-order chi connectivity index (χ1) is 4.23. The van der Waals surface area contributed by atoms with E-state index in [1.54, 1.807) is 0 Å². The minimum absolute atomic E-state index is 0.530. The van der Waals surface area contributed by atoms with Crippen molar-refractivity contribution in [2.75, 3.05) is 20.1 Å². The van der Waals surface area contributed by atoms with Gasteiger partial charge in [0.1, 0.15) is 0 Å². The Balaban J connectivity index is 2.03. The molecule has 0 aromatic heterocycles. The number of hydrogen-bond acceptors (Lipinski definition) is 2. The lowest BCUT2D eigenvalue weighted by Gasteiger charge is -2.06. The Hall–Kier alpha value is -0.0800. The lowest BCUT2D eigenvalue weighted by molar-refractivity contribution is 0.385. The Morgan fingerprint density at radius 1 is 1.67 bits per heavy atom. The molecule has 1 spiro atoms. The highest BCUT2D eigenvalue weighted by Crippen LogP contribution is 2.50. The highest BCUT2D eigenvalue weighted by Gasteiger charge is 2.54. The van der Waals surface area contributed by atoms with E-state index in [1.807, 2.05) is 0 Å². The van der Waals surface area contributed by atoms with Crippen molar-refractivity contribution in [1.29, 1.82) is 0 Å². The van der Waals surface area contributed by atoms with Crippen LogP contribution in [0.5, 0.6) is 0 Å². The minimum Gasteiger partial charge on any atom is -0.327 e. The van der Waals surface area contributed by atoms with E-state index in [2.05, 4.69) is 11.9 Å². The molecule has 52 valence electrons. The molecular formula is C7H14N2. The molecule has 0 aromatic carbocycles. The van der Waals surface area contributed by atoms with Gasteiger partial charge < -0.3 is 10.6 Å². The van der Waals surface area contributed by atoms with Crippen LogP contribution in [0, 0.1) is 5.41 Å². The SMILES string of the molecule is CN1CCC2(C[C@@H]2N)C1. The molecule has 2 fully saturated rings. The molecule has 1 heterocycles. The predicted octanol–water partition coefficient (Wildman–Crippen LogP) is 0.0393. The first-order valence-electron chi connectivity index (χ1n) is 3.67. The number of likely N-dealkylation sites (tertiary alicyclic amines) is 1. The van der Waals surface area contributed by atoms with Crippen LogP contribution in [-0.4, -0.2) is 31.1 Å². The molecule has 0 bridgehead atoms. The molecule has 2 aliphatic rings. The summed E-state index contributed by atoms with van der Waals surface area (Å²) in [5, 5.41) is 0. The summed E-state index contributed by atoms with van der Waals surface area (Å²) < 4.78 is 0. The molecule has 1 aliphatic heterocycles. The highest BCUT2D eigenvalue weighted by molar-refractivity contribution is 5.10. The second kappa shape index (κ2) is 1.50. The Kier molecular flexibility index (Phi) is 0.945. The second-order valence-electron chi connectivity index (χ2n) is 3.66. The van der Waals surface area contributed by atoms with Gasteiger partial charge in [-0.1, -0.05) is 0 Å². The van der Waals surface area contributed by atoms with Crippen molar-refractivity contribution in [2.45, 2.75) is 18.9 Å². The summed E-state index contributed by atoms with van der Waals surface area (Å²) >= 11 is 0. The van der Waals surface area contributed by atoms with Crippen molar-refractivity contribution in [1.82, 2.24) is 4.90 Å². The smallest absolute Gasteiger partial charge is 0.0115 e. The van der Waals surface area contributed by atoms with Crippen LogP contribution in [0.4, 0.5) is 0 Å². The van der Waals surface area contributed by atoms with Crippen LogP contribution >= 0.6 is 0 Å². The molecule has 1 aliphatic carbocycles. The molecule has 2 atom stereocenters. The fraction of sp³-hybridized carbons (Fsp3) is 1.00. The topological polar surface area (TPSA) is 29.3 Å². The number of nitrogens with two attached hydrogens (primary N) is 1. The van der Waals surface area contributed by atoms with Crippen molar-refractivity contribution in [3.63, 3.8) is 0 Å². The summed E-state index contributed by atoms with van der Waals surface area (Å²) in [5.41, 5.74) is 6.38. The van der Waals surface area contributed by atoms with Gasteiger partial charge in [0.15, 0.2) is 0 Å². The third kappa shape index (κ3) is 0.700. The van der Waals surface area contributed by atoms with Crippen molar-refractivity contribution in [3.8, 4) is 0 Å². The van der Waals surface area contributed by atoms with Crippen LogP contribution in [0.15, 0.2) is 0 Å². The lowest BCUT2D eigenvalue weighted by atomic mass is 10.1. The van der Waals surface area contributed by atoms with Crippen molar-refractivity contribution >= 4 is 0 Å². The maximum Gasteiger partial charge on any atom is 0.0115 e.